The third-order valence-corrected chi connectivity index (χ3v) is 2.38. The third kappa shape index (κ3) is 6.67. The molecular weight excluding hydrogens is 225 g/mol. The van der Waals surface area contributed by atoms with Gasteiger partial charge < -0.3 is 5.73 Å². The van der Waals surface area contributed by atoms with Crippen LogP contribution in [0.4, 0.5) is 13.2 Å². The van der Waals surface area contributed by atoms with E-state index in [4.69, 9.17) is 18.0 Å². The van der Waals surface area contributed by atoms with Gasteiger partial charge in [0.05, 0.1) is 11.5 Å². The van der Waals surface area contributed by atoms with Crippen LogP contribution in [0, 0.1) is 0 Å². The van der Waals surface area contributed by atoms with E-state index < -0.39 is 12.7 Å². The molecule has 0 saturated carbocycles. The van der Waals surface area contributed by atoms with E-state index in [1.807, 2.05) is 6.92 Å². The summed E-state index contributed by atoms with van der Waals surface area (Å²) in [6, 6.07) is -0.214. The molecular formula is C9H17F3N2S. The van der Waals surface area contributed by atoms with Crippen molar-refractivity contribution in [2.75, 3.05) is 13.1 Å². The number of thiocarbonyl (C=S) groups is 1. The summed E-state index contributed by atoms with van der Waals surface area (Å²) in [6.07, 6.45) is -3.21. The molecule has 2 N–H and O–H groups in total. The number of hydrogen-bond acceptors (Lipinski definition) is 2. The van der Waals surface area contributed by atoms with Crippen LogP contribution in [0.15, 0.2) is 0 Å². The lowest BCUT2D eigenvalue weighted by molar-refractivity contribution is -0.150. The highest BCUT2D eigenvalue weighted by atomic mass is 32.1. The zero-order valence-electron chi connectivity index (χ0n) is 8.97. The Morgan fingerprint density at radius 3 is 2.20 bits per heavy atom. The van der Waals surface area contributed by atoms with Gasteiger partial charge in [0.15, 0.2) is 0 Å². The van der Waals surface area contributed by atoms with Crippen LogP contribution >= 0.6 is 12.2 Å². The molecule has 0 aromatic carbocycles. The van der Waals surface area contributed by atoms with Gasteiger partial charge in [-0.05, 0) is 13.0 Å². The van der Waals surface area contributed by atoms with Crippen molar-refractivity contribution in [2.45, 2.75) is 38.9 Å². The highest BCUT2D eigenvalue weighted by Crippen LogP contribution is 2.20. The van der Waals surface area contributed by atoms with Gasteiger partial charge in [-0.15, -0.1) is 0 Å². The molecule has 0 bridgehead atoms. The topological polar surface area (TPSA) is 29.3 Å². The minimum Gasteiger partial charge on any atom is -0.393 e. The fraction of sp³-hybridized carbons (Fsp3) is 0.889. The molecule has 0 spiro atoms. The summed E-state index contributed by atoms with van der Waals surface area (Å²) in [4.78, 5) is 1.63. The van der Waals surface area contributed by atoms with Gasteiger partial charge in [0.2, 0.25) is 0 Å². The van der Waals surface area contributed by atoms with Crippen LogP contribution < -0.4 is 5.73 Å². The van der Waals surface area contributed by atoms with Crippen LogP contribution in [0.3, 0.4) is 0 Å². The number of alkyl halides is 3. The zero-order valence-corrected chi connectivity index (χ0v) is 9.79. The molecule has 0 aliphatic heterocycles. The lowest BCUT2D eigenvalue weighted by Crippen LogP contribution is -2.43. The number of nitrogens with two attached hydrogens (primary N) is 1. The van der Waals surface area contributed by atoms with Gasteiger partial charge in [0.25, 0.3) is 0 Å². The van der Waals surface area contributed by atoms with Crippen molar-refractivity contribution in [1.29, 1.82) is 0 Å². The SMILES string of the molecule is CCC(CC(N)=S)N(CC)CC(F)(F)F. The van der Waals surface area contributed by atoms with Crippen LogP contribution in [0.1, 0.15) is 26.7 Å². The monoisotopic (exact) mass is 242 g/mol. The summed E-state index contributed by atoms with van der Waals surface area (Å²) in [7, 11) is 0. The fourth-order valence-corrected chi connectivity index (χ4v) is 1.69. The highest BCUT2D eigenvalue weighted by Gasteiger charge is 2.32. The van der Waals surface area contributed by atoms with Crippen LogP contribution in [0.25, 0.3) is 0 Å². The van der Waals surface area contributed by atoms with Crippen molar-refractivity contribution < 1.29 is 13.2 Å². The lowest BCUT2D eigenvalue weighted by atomic mass is 10.1. The van der Waals surface area contributed by atoms with Gasteiger partial charge in [0, 0.05) is 12.5 Å². The Labute approximate surface area is 93.6 Å². The van der Waals surface area contributed by atoms with Crippen LogP contribution in [0.5, 0.6) is 0 Å². The maximum absolute atomic E-state index is 12.2. The van der Waals surface area contributed by atoms with Gasteiger partial charge in [-0.25, -0.2) is 0 Å². The predicted molar refractivity (Wildman–Crippen MR) is 58.8 cm³/mol. The number of halogens is 3. The molecule has 6 heteroatoms. The van der Waals surface area contributed by atoms with Crippen molar-refractivity contribution in [3.63, 3.8) is 0 Å². The molecule has 1 atom stereocenters. The van der Waals surface area contributed by atoms with E-state index in [1.54, 1.807) is 6.92 Å². The Kier molecular flexibility index (Phi) is 6.12. The van der Waals surface area contributed by atoms with Crippen LogP contribution in [0.2, 0.25) is 0 Å². The molecule has 15 heavy (non-hydrogen) atoms. The first-order valence-corrected chi connectivity index (χ1v) is 5.30. The van der Waals surface area contributed by atoms with E-state index in [1.165, 1.54) is 4.90 Å². The normalized spacial score (nSPS) is 14.3. The van der Waals surface area contributed by atoms with Gasteiger partial charge >= 0.3 is 6.18 Å². The molecule has 0 amide bonds. The Morgan fingerprint density at radius 2 is 1.93 bits per heavy atom. The van der Waals surface area contributed by atoms with Crippen molar-refractivity contribution >= 4 is 17.2 Å². The number of nitrogens with zero attached hydrogens (tertiary/aromatic N) is 1. The molecule has 2 nitrogen and oxygen atoms in total. The van der Waals surface area contributed by atoms with Gasteiger partial charge in [-0.3, -0.25) is 4.90 Å². The third-order valence-electron chi connectivity index (χ3n) is 2.21. The van der Waals surface area contributed by atoms with E-state index in [0.29, 0.717) is 19.4 Å². The van der Waals surface area contributed by atoms with Crippen LogP contribution in [-0.4, -0.2) is 35.2 Å². The minimum atomic E-state index is -4.17. The predicted octanol–water partition coefficient (Wildman–Crippen LogP) is 2.33. The Balaban J connectivity index is 4.40. The maximum Gasteiger partial charge on any atom is 0.401 e. The quantitative estimate of drug-likeness (QED) is 0.725. The minimum absolute atomic E-state index is 0.214. The first-order valence-electron chi connectivity index (χ1n) is 4.89. The van der Waals surface area contributed by atoms with Gasteiger partial charge in [0.1, 0.15) is 0 Å². The summed E-state index contributed by atoms with van der Waals surface area (Å²) < 4.78 is 36.7. The summed E-state index contributed by atoms with van der Waals surface area (Å²) in [6.45, 7) is 2.99. The van der Waals surface area contributed by atoms with Crippen molar-refractivity contribution in [3.8, 4) is 0 Å². The summed E-state index contributed by atoms with van der Waals surface area (Å²) in [5.41, 5.74) is 5.35. The molecule has 0 aromatic rings. The fourth-order valence-electron chi connectivity index (χ4n) is 1.49. The molecule has 0 rings (SSSR count). The smallest absolute Gasteiger partial charge is 0.393 e. The average molecular weight is 242 g/mol. The molecule has 0 aliphatic rings. The largest absolute Gasteiger partial charge is 0.401 e. The van der Waals surface area contributed by atoms with E-state index >= 15 is 0 Å². The highest BCUT2D eigenvalue weighted by molar-refractivity contribution is 7.80. The molecule has 0 radical (unpaired) electrons. The van der Waals surface area contributed by atoms with Gasteiger partial charge in [-0.1, -0.05) is 26.1 Å². The second-order valence-corrected chi connectivity index (χ2v) is 3.94. The molecule has 0 aliphatic carbocycles. The summed E-state index contributed by atoms with van der Waals surface area (Å²) in [5.74, 6) is 0. The first kappa shape index (κ1) is 14.6. The molecule has 1 unspecified atom stereocenters. The van der Waals surface area contributed by atoms with Crippen molar-refractivity contribution in [3.05, 3.63) is 0 Å². The second kappa shape index (κ2) is 6.27. The van der Waals surface area contributed by atoms with E-state index in [2.05, 4.69) is 0 Å². The van der Waals surface area contributed by atoms with E-state index in [9.17, 15) is 13.2 Å². The molecule has 0 aromatic heterocycles. The maximum atomic E-state index is 12.2. The molecule has 90 valence electrons. The standard InChI is InChI=1S/C9H17F3N2S/c1-3-7(5-8(13)15)14(4-2)6-9(10,11)12/h7H,3-6H2,1-2H3,(H2,13,15). The zero-order chi connectivity index (χ0) is 12.1. The summed E-state index contributed by atoms with van der Waals surface area (Å²) >= 11 is 4.72. The first-order chi connectivity index (χ1) is 6.80. The molecule has 0 heterocycles. The van der Waals surface area contributed by atoms with E-state index in [0.717, 1.165) is 0 Å². The average Bonchev–Trinajstić information content (AvgIpc) is 2.08. The molecule has 0 fully saturated rings. The van der Waals surface area contributed by atoms with Crippen molar-refractivity contribution in [2.24, 2.45) is 5.73 Å². The van der Waals surface area contributed by atoms with Crippen LogP contribution in [-0.2, 0) is 0 Å². The summed E-state index contributed by atoms with van der Waals surface area (Å²) in [5, 5.41) is 0. The van der Waals surface area contributed by atoms with E-state index in [-0.39, 0.29) is 11.0 Å². The van der Waals surface area contributed by atoms with Crippen molar-refractivity contribution in [1.82, 2.24) is 4.90 Å². The Hall–Kier alpha value is -0.360. The van der Waals surface area contributed by atoms with Gasteiger partial charge in [-0.2, -0.15) is 13.2 Å². The lowest BCUT2D eigenvalue weighted by Gasteiger charge is -2.30. The number of rotatable bonds is 6. The number of hydrogen-bond donors (Lipinski definition) is 1. The Bertz CT molecular complexity index is 206. The Morgan fingerprint density at radius 1 is 1.40 bits per heavy atom. The second-order valence-electron chi connectivity index (χ2n) is 3.41. The molecule has 0 saturated heterocycles.